The first-order valence-electron chi connectivity index (χ1n) is 14.8. The van der Waals surface area contributed by atoms with E-state index in [-0.39, 0.29) is 16.6 Å². The molecule has 2 aliphatic heterocycles. The Labute approximate surface area is 231 Å². The molecular weight excluding hydrogens is 472 g/mol. The maximum Gasteiger partial charge on any atom is 0.0724 e. The molecule has 0 radical (unpaired) electrons. The molecule has 2 saturated heterocycles. The van der Waals surface area contributed by atoms with Crippen LogP contribution < -0.4 is 0 Å². The van der Waals surface area contributed by atoms with Gasteiger partial charge in [0.15, 0.2) is 0 Å². The molecule has 2 heterocycles. The molecule has 4 rings (SSSR count). The molecule has 0 spiro atoms. The van der Waals surface area contributed by atoms with Crippen molar-refractivity contribution in [2.45, 2.75) is 97.9 Å². The van der Waals surface area contributed by atoms with Gasteiger partial charge in [0.05, 0.1) is 50.8 Å². The minimum absolute atomic E-state index is 0.117. The average molecular weight is 523 g/mol. The fraction of sp³-hybridized carbons (Fsp3) is 0.647. The Bertz CT molecular complexity index is 995. The molecule has 38 heavy (non-hydrogen) atoms. The zero-order chi connectivity index (χ0) is 27.3. The molecule has 2 aromatic carbocycles. The van der Waals surface area contributed by atoms with Crippen molar-refractivity contribution in [2.24, 2.45) is 10.8 Å². The van der Waals surface area contributed by atoms with Gasteiger partial charge < -0.3 is 18.9 Å². The Kier molecular flexibility index (Phi) is 9.40. The van der Waals surface area contributed by atoms with Gasteiger partial charge in [0.1, 0.15) is 0 Å². The summed E-state index contributed by atoms with van der Waals surface area (Å²) in [6.45, 7) is 18.3. The summed E-state index contributed by atoms with van der Waals surface area (Å²) in [4.78, 5) is 0. The number of ether oxygens (including phenoxy) is 4. The summed E-state index contributed by atoms with van der Waals surface area (Å²) in [6, 6.07) is 17.8. The van der Waals surface area contributed by atoms with Crippen molar-refractivity contribution < 1.29 is 18.9 Å². The lowest BCUT2D eigenvalue weighted by Gasteiger charge is -2.46. The van der Waals surface area contributed by atoms with E-state index in [1.165, 1.54) is 22.3 Å². The highest BCUT2D eigenvalue weighted by Gasteiger charge is 2.43. The lowest BCUT2D eigenvalue weighted by atomic mass is 9.73. The second-order valence-corrected chi connectivity index (χ2v) is 12.6. The van der Waals surface area contributed by atoms with Gasteiger partial charge >= 0.3 is 0 Å². The minimum Gasteiger partial charge on any atom is -0.380 e. The van der Waals surface area contributed by atoms with E-state index in [4.69, 9.17) is 18.9 Å². The first-order chi connectivity index (χ1) is 18.2. The van der Waals surface area contributed by atoms with Gasteiger partial charge in [-0.2, -0.15) is 0 Å². The van der Waals surface area contributed by atoms with E-state index < -0.39 is 0 Å². The lowest BCUT2D eigenvalue weighted by Crippen LogP contribution is -2.48. The highest BCUT2D eigenvalue weighted by atomic mass is 16.5. The number of hydrogen-bond acceptors (Lipinski definition) is 4. The number of benzene rings is 2. The topological polar surface area (TPSA) is 36.9 Å². The summed E-state index contributed by atoms with van der Waals surface area (Å²) in [6.07, 6.45) is 6.24. The van der Waals surface area contributed by atoms with Crippen LogP contribution in [0.3, 0.4) is 0 Å². The quantitative estimate of drug-likeness (QED) is 0.237. The van der Waals surface area contributed by atoms with Crippen LogP contribution in [0, 0.1) is 10.8 Å². The number of hydrogen-bond donors (Lipinski definition) is 0. The standard InChI is InChI=1S/C34H50O4/c1-7-31(5,38-26-34(10-4)24-36-25-34)19-27-11-15-29(16-12-27)30-17-13-28(14-18-30)20-37-32(6,8-2)21-33(9-3)22-35-23-33/h11-18H,7-10,19-26H2,1-6H3. The van der Waals surface area contributed by atoms with Crippen LogP contribution >= 0.6 is 0 Å². The molecular formula is C34H50O4. The Balaban J connectivity index is 1.32. The van der Waals surface area contributed by atoms with Gasteiger partial charge in [0.2, 0.25) is 0 Å². The largest absolute Gasteiger partial charge is 0.380 e. The van der Waals surface area contributed by atoms with Gasteiger partial charge in [-0.25, -0.2) is 0 Å². The first kappa shape index (κ1) is 29.3. The highest BCUT2D eigenvalue weighted by molar-refractivity contribution is 5.64. The molecule has 2 unspecified atom stereocenters. The molecule has 0 saturated carbocycles. The van der Waals surface area contributed by atoms with Crippen molar-refractivity contribution in [2.75, 3.05) is 33.0 Å². The minimum atomic E-state index is -0.156. The van der Waals surface area contributed by atoms with E-state index in [1.54, 1.807) is 0 Å². The van der Waals surface area contributed by atoms with Crippen LogP contribution in [0.1, 0.15) is 84.8 Å². The zero-order valence-corrected chi connectivity index (χ0v) is 24.7. The molecule has 0 amide bonds. The Morgan fingerprint density at radius 1 is 0.658 bits per heavy atom. The van der Waals surface area contributed by atoms with Gasteiger partial charge in [-0.05, 0) is 68.2 Å². The van der Waals surface area contributed by atoms with Crippen molar-refractivity contribution in [3.63, 3.8) is 0 Å². The fourth-order valence-corrected chi connectivity index (χ4v) is 5.58. The first-order valence-corrected chi connectivity index (χ1v) is 14.8. The molecule has 0 aliphatic carbocycles. The van der Waals surface area contributed by atoms with E-state index in [0.29, 0.717) is 12.0 Å². The maximum absolute atomic E-state index is 6.51. The van der Waals surface area contributed by atoms with E-state index in [2.05, 4.69) is 90.1 Å². The third-order valence-corrected chi connectivity index (χ3v) is 9.51. The van der Waals surface area contributed by atoms with Crippen LogP contribution in [0.4, 0.5) is 0 Å². The van der Waals surface area contributed by atoms with Crippen LogP contribution in [-0.2, 0) is 32.0 Å². The monoisotopic (exact) mass is 522 g/mol. The molecule has 4 heteroatoms. The van der Waals surface area contributed by atoms with Crippen molar-refractivity contribution >= 4 is 0 Å². The highest BCUT2D eigenvalue weighted by Crippen LogP contribution is 2.42. The molecule has 2 aromatic rings. The molecule has 2 atom stereocenters. The third-order valence-electron chi connectivity index (χ3n) is 9.51. The van der Waals surface area contributed by atoms with Crippen molar-refractivity contribution in [3.8, 4) is 11.1 Å². The summed E-state index contributed by atoms with van der Waals surface area (Å²) in [5.41, 5.74) is 5.26. The zero-order valence-electron chi connectivity index (χ0n) is 24.7. The van der Waals surface area contributed by atoms with Crippen LogP contribution in [0.5, 0.6) is 0 Å². The van der Waals surface area contributed by atoms with Gasteiger partial charge in [0, 0.05) is 17.3 Å². The van der Waals surface area contributed by atoms with Crippen molar-refractivity contribution in [1.29, 1.82) is 0 Å². The average Bonchev–Trinajstić information content (AvgIpc) is 2.90. The van der Waals surface area contributed by atoms with Crippen LogP contribution in [0.25, 0.3) is 11.1 Å². The second kappa shape index (κ2) is 12.2. The van der Waals surface area contributed by atoms with Gasteiger partial charge in [-0.15, -0.1) is 0 Å². The number of rotatable bonds is 15. The SMILES string of the molecule is CCC1(COC(C)(CC)Cc2ccc(-c3ccc(COC(C)(CC)CC4(CC)COC4)cc3)cc2)COC1. The summed E-state index contributed by atoms with van der Waals surface area (Å²) in [7, 11) is 0. The molecule has 4 nitrogen and oxygen atoms in total. The maximum atomic E-state index is 6.51. The van der Waals surface area contributed by atoms with Crippen molar-refractivity contribution in [3.05, 3.63) is 59.7 Å². The van der Waals surface area contributed by atoms with E-state index in [1.807, 2.05) is 0 Å². The molecule has 210 valence electrons. The van der Waals surface area contributed by atoms with E-state index >= 15 is 0 Å². The van der Waals surface area contributed by atoms with E-state index in [0.717, 1.165) is 71.6 Å². The Hall–Kier alpha value is -1.72. The Morgan fingerprint density at radius 3 is 1.58 bits per heavy atom. The lowest BCUT2D eigenvalue weighted by molar-refractivity contribution is -0.178. The van der Waals surface area contributed by atoms with Gasteiger partial charge in [-0.3, -0.25) is 0 Å². The summed E-state index contributed by atoms with van der Waals surface area (Å²) in [5, 5.41) is 0. The predicted molar refractivity (Wildman–Crippen MR) is 155 cm³/mol. The van der Waals surface area contributed by atoms with Crippen molar-refractivity contribution in [1.82, 2.24) is 0 Å². The molecule has 2 aliphatic rings. The van der Waals surface area contributed by atoms with Gasteiger partial charge in [0.25, 0.3) is 0 Å². The predicted octanol–water partition coefficient (Wildman–Crippen LogP) is 8.01. The molecule has 2 fully saturated rings. The summed E-state index contributed by atoms with van der Waals surface area (Å²) in [5.74, 6) is 0. The molecule has 0 bridgehead atoms. The van der Waals surface area contributed by atoms with E-state index in [9.17, 15) is 0 Å². The van der Waals surface area contributed by atoms with Gasteiger partial charge in [-0.1, -0.05) is 76.2 Å². The third kappa shape index (κ3) is 6.88. The van der Waals surface area contributed by atoms with Crippen LogP contribution in [0.2, 0.25) is 0 Å². The fourth-order valence-electron chi connectivity index (χ4n) is 5.58. The Morgan fingerprint density at radius 2 is 1.16 bits per heavy atom. The molecule has 0 aromatic heterocycles. The summed E-state index contributed by atoms with van der Waals surface area (Å²) < 4.78 is 24.0. The van der Waals surface area contributed by atoms with Crippen LogP contribution in [0.15, 0.2) is 48.5 Å². The smallest absolute Gasteiger partial charge is 0.0724 e. The normalized spacial score (nSPS) is 21.1. The summed E-state index contributed by atoms with van der Waals surface area (Å²) >= 11 is 0. The second-order valence-electron chi connectivity index (χ2n) is 12.6. The molecule has 0 N–H and O–H groups in total. The van der Waals surface area contributed by atoms with Crippen LogP contribution in [-0.4, -0.2) is 44.2 Å².